The van der Waals surface area contributed by atoms with Crippen LogP contribution < -0.4 is 9.47 Å². The molecular weight excluding hydrogens is 544 g/mol. The van der Waals surface area contributed by atoms with Crippen LogP contribution in [0.4, 0.5) is 0 Å². The molecule has 0 fully saturated rings. The molecule has 0 aliphatic carbocycles. The minimum atomic E-state index is -3.93. The third kappa shape index (κ3) is 5.30. The zero-order valence-corrected chi connectivity index (χ0v) is 24.0. The molecule has 2 heterocycles. The van der Waals surface area contributed by atoms with Gasteiger partial charge >= 0.3 is 0 Å². The lowest BCUT2D eigenvalue weighted by atomic mass is 10.1. The van der Waals surface area contributed by atoms with Crippen molar-refractivity contribution in [2.75, 3.05) is 14.2 Å². The van der Waals surface area contributed by atoms with Crippen LogP contribution in [0, 0.1) is 0 Å². The summed E-state index contributed by atoms with van der Waals surface area (Å²) < 4.78 is 39.8. The molecule has 0 unspecified atom stereocenters. The quantitative estimate of drug-likeness (QED) is 0.174. The van der Waals surface area contributed by atoms with Crippen molar-refractivity contribution in [3.05, 3.63) is 132 Å². The predicted molar refractivity (Wildman–Crippen MR) is 170 cm³/mol. The minimum Gasteiger partial charge on any atom is -0.497 e. The molecule has 6 rings (SSSR count). The molecule has 0 amide bonds. The van der Waals surface area contributed by atoms with Gasteiger partial charge in [0, 0.05) is 10.8 Å². The first-order valence-electron chi connectivity index (χ1n) is 13.4. The summed E-state index contributed by atoms with van der Waals surface area (Å²) in [5, 5.41) is 1.56. The van der Waals surface area contributed by atoms with E-state index < -0.39 is 10.0 Å². The molecule has 0 aliphatic rings. The molecule has 6 aromatic rings. The largest absolute Gasteiger partial charge is 0.497 e. The molecule has 0 atom stereocenters. The van der Waals surface area contributed by atoms with E-state index >= 15 is 0 Å². The Morgan fingerprint density at radius 3 is 1.81 bits per heavy atom. The normalized spacial score (nSPS) is 12.0. The summed E-state index contributed by atoms with van der Waals surface area (Å²) in [5.74, 6) is 1.58. The van der Waals surface area contributed by atoms with Gasteiger partial charge in [0.1, 0.15) is 11.5 Å². The van der Waals surface area contributed by atoms with E-state index in [4.69, 9.17) is 14.5 Å². The second-order valence-corrected chi connectivity index (χ2v) is 11.5. The van der Waals surface area contributed by atoms with Crippen LogP contribution in [0.25, 0.3) is 46.2 Å². The van der Waals surface area contributed by atoms with Crippen LogP contribution in [0.3, 0.4) is 0 Å². The molecule has 0 saturated carbocycles. The van der Waals surface area contributed by atoms with E-state index in [9.17, 15) is 8.42 Å². The van der Waals surface area contributed by atoms with Gasteiger partial charge in [0.15, 0.2) is 5.65 Å². The van der Waals surface area contributed by atoms with Gasteiger partial charge in [-0.3, -0.25) is 0 Å². The van der Waals surface area contributed by atoms with Gasteiger partial charge in [0.05, 0.1) is 30.3 Å². The molecule has 4 aromatic carbocycles. The highest BCUT2D eigenvalue weighted by Gasteiger charge is 2.24. The Labute approximate surface area is 244 Å². The fourth-order valence-corrected chi connectivity index (χ4v) is 6.33. The van der Waals surface area contributed by atoms with Crippen molar-refractivity contribution in [2.45, 2.75) is 4.90 Å². The number of hydrogen-bond acceptors (Lipinski definition) is 5. The van der Waals surface area contributed by atoms with Gasteiger partial charge in [-0.15, -0.1) is 0 Å². The van der Waals surface area contributed by atoms with Gasteiger partial charge < -0.3 is 9.47 Å². The molecule has 208 valence electrons. The summed E-state index contributed by atoms with van der Waals surface area (Å²) in [6.07, 6.45) is 7.84. The predicted octanol–water partition coefficient (Wildman–Crippen LogP) is 7.78. The summed E-state index contributed by atoms with van der Waals surface area (Å²) in [6.45, 7) is 0. The van der Waals surface area contributed by atoms with Gasteiger partial charge in [-0.1, -0.05) is 66.8 Å². The van der Waals surface area contributed by atoms with Crippen LogP contribution in [-0.4, -0.2) is 31.6 Å². The van der Waals surface area contributed by atoms with E-state index in [-0.39, 0.29) is 4.90 Å². The lowest BCUT2D eigenvalue weighted by Gasteiger charge is -2.09. The lowest BCUT2D eigenvalue weighted by Crippen LogP contribution is -2.13. The second-order valence-electron chi connectivity index (χ2n) is 9.68. The standard InChI is InChI=1S/C35H28N2O4S/c1-40-29-18-11-25(12-19-29)8-9-27-15-23-34-33(24-27)32-22-17-28(16-10-26-13-20-30(41-2)21-14-26)36-35(32)37(34)42(38,39)31-6-4-3-5-7-31/h3-24H,1-2H3. The molecule has 7 heteroatoms. The Hall–Kier alpha value is -5.14. The van der Waals surface area contributed by atoms with Crippen molar-refractivity contribution < 1.29 is 17.9 Å². The van der Waals surface area contributed by atoms with Gasteiger partial charge in [-0.2, -0.15) is 0 Å². The summed E-state index contributed by atoms with van der Waals surface area (Å²) >= 11 is 0. The topological polar surface area (TPSA) is 70.4 Å². The molecule has 0 saturated heterocycles. The average Bonchev–Trinajstić information content (AvgIpc) is 3.37. The number of ether oxygens (including phenoxy) is 2. The average molecular weight is 573 g/mol. The van der Waals surface area contributed by atoms with Gasteiger partial charge in [-0.25, -0.2) is 17.4 Å². The van der Waals surface area contributed by atoms with E-state index in [1.165, 1.54) is 3.97 Å². The zero-order valence-electron chi connectivity index (χ0n) is 23.1. The third-order valence-corrected chi connectivity index (χ3v) is 8.76. The van der Waals surface area contributed by atoms with Crippen LogP contribution >= 0.6 is 0 Å². The third-order valence-electron chi connectivity index (χ3n) is 7.05. The van der Waals surface area contributed by atoms with Gasteiger partial charge in [0.25, 0.3) is 10.0 Å². The van der Waals surface area contributed by atoms with Crippen molar-refractivity contribution >= 4 is 56.3 Å². The van der Waals surface area contributed by atoms with E-state index in [1.807, 2.05) is 103 Å². The van der Waals surface area contributed by atoms with Crippen molar-refractivity contribution in [1.29, 1.82) is 0 Å². The minimum absolute atomic E-state index is 0.202. The van der Waals surface area contributed by atoms with E-state index in [1.54, 1.807) is 44.6 Å². The molecule has 0 aliphatic heterocycles. The number of hydrogen-bond donors (Lipinski definition) is 0. The molecule has 0 N–H and O–H groups in total. The van der Waals surface area contributed by atoms with E-state index in [0.29, 0.717) is 16.9 Å². The maximum Gasteiger partial charge on any atom is 0.269 e. The highest BCUT2D eigenvalue weighted by Crippen LogP contribution is 2.33. The Morgan fingerprint density at radius 1 is 0.619 bits per heavy atom. The fraction of sp³-hybridized carbons (Fsp3) is 0.0571. The number of pyridine rings is 1. The number of rotatable bonds is 8. The van der Waals surface area contributed by atoms with Crippen molar-refractivity contribution in [3.8, 4) is 11.5 Å². The van der Waals surface area contributed by atoms with Crippen molar-refractivity contribution in [2.24, 2.45) is 0 Å². The van der Waals surface area contributed by atoms with Crippen LogP contribution in [0.5, 0.6) is 11.5 Å². The monoisotopic (exact) mass is 572 g/mol. The maximum absolute atomic E-state index is 14.0. The summed E-state index contributed by atoms with van der Waals surface area (Å²) in [6, 6.07) is 33.5. The van der Waals surface area contributed by atoms with Crippen molar-refractivity contribution in [1.82, 2.24) is 8.96 Å². The molecule has 0 spiro atoms. The van der Waals surface area contributed by atoms with Gasteiger partial charge in [0.2, 0.25) is 0 Å². The SMILES string of the molecule is COc1ccc(C=Cc2ccc3c(c2)c2ccc(C=Cc4ccc(OC)cc4)nc2n3S(=O)(=O)c2ccccc2)cc1. The van der Waals surface area contributed by atoms with Crippen LogP contribution in [0.1, 0.15) is 22.4 Å². The number of benzene rings is 4. The maximum atomic E-state index is 14.0. The van der Waals surface area contributed by atoms with Crippen LogP contribution in [0.2, 0.25) is 0 Å². The molecular formula is C35H28N2O4S. The summed E-state index contributed by atoms with van der Waals surface area (Å²) in [5.41, 5.74) is 4.54. The zero-order chi connectivity index (χ0) is 29.1. The van der Waals surface area contributed by atoms with Crippen LogP contribution in [-0.2, 0) is 10.0 Å². The first kappa shape index (κ1) is 27.1. The number of nitrogens with zero attached hydrogens (tertiary/aromatic N) is 2. The number of fused-ring (bicyclic) bond motifs is 3. The molecule has 0 radical (unpaired) electrons. The Morgan fingerprint density at radius 2 is 1.19 bits per heavy atom. The molecule has 2 aromatic heterocycles. The van der Waals surface area contributed by atoms with E-state index in [0.717, 1.165) is 39.0 Å². The first-order valence-corrected chi connectivity index (χ1v) is 14.8. The molecule has 42 heavy (non-hydrogen) atoms. The summed E-state index contributed by atoms with van der Waals surface area (Å²) in [7, 11) is -0.655. The fourth-order valence-electron chi connectivity index (χ4n) is 4.83. The first-order chi connectivity index (χ1) is 20.5. The van der Waals surface area contributed by atoms with Gasteiger partial charge in [-0.05, 0) is 83.4 Å². The highest BCUT2D eigenvalue weighted by molar-refractivity contribution is 7.90. The number of methoxy groups -OCH3 is 2. The Balaban J connectivity index is 1.47. The molecule has 0 bridgehead atoms. The van der Waals surface area contributed by atoms with Crippen LogP contribution in [0.15, 0.2) is 114 Å². The molecule has 6 nitrogen and oxygen atoms in total. The summed E-state index contributed by atoms with van der Waals surface area (Å²) in [4.78, 5) is 5.04. The second kappa shape index (κ2) is 11.4. The lowest BCUT2D eigenvalue weighted by molar-refractivity contribution is 0.414. The smallest absolute Gasteiger partial charge is 0.269 e. The Kier molecular flexibility index (Phi) is 7.33. The van der Waals surface area contributed by atoms with E-state index in [2.05, 4.69) is 0 Å². The Bertz CT molecular complexity index is 2040. The van der Waals surface area contributed by atoms with Crippen molar-refractivity contribution in [3.63, 3.8) is 0 Å². The number of aromatic nitrogens is 2. The highest BCUT2D eigenvalue weighted by atomic mass is 32.2.